The summed E-state index contributed by atoms with van der Waals surface area (Å²) in [6.07, 6.45) is 14.4. The maximum atomic E-state index is 12.6. The fraction of sp³-hybridized carbons (Fsp3) is 0.717. The van der Waals surface area contributed by atoms with Crippen LogP contribution in [0.5, 0.6) is 0 Å². The first-order chi connectivity index (χ1) is 25.4. The van der Waals surface area contributed by atoms with Crippen molar-refractivity contribution in [2.75, 3.05) is 13.1 Å². The lowest BCUT2D eigenvalue weighted by atomic mass is 9.43. The largest absolute Gasteiger partial charge is 0.463 e. The van der Waals surface area contributed by atoms with Crippen molar-refractivity contribution in [3.8, 4) is 0 Å². The zero-order valence-corrected chi connectivity index (χ0v) is 33.0. The number of carbonyl (C=O) groups is 2. The number of pyridine rings is 1. The molecule has 9 rings (SSSR count). The standard InChI is InChI=1S/C46H64N2O5/c1-7-30-26-48-21-18-31(30)22-41(48)44(51)36-25-33(47-40-11-9-8-10-35(36)40)13-12-27(2)37-14-15-38-43-39(17-20-46(37,38)6)45(5)19-16-34(52-28(3)49)23-32(45)24-42(43)53-29(4)50/h7-11,25,27,30-32,34,37-39,41-44,51H,1,12-24,26H2,2-6H3/t27-,30+,31+,32+,34-,37-,38+,39+,41+,42-,43+,44+,45+,46-/m1/s1. The molecule has 0 radical (unpaired) electrons. The fourth-order valence-electron chi connectivity index (χ4n) is 13.9. The van der Waals surface area contributed by atoms with E-state index in [-0.39, 0.29) is 41.0 Å². The zero-order chi connectivity index (χ0) is 37.2. The number of piperidine rings is 3. The van der Waals surface area contributed by atoms with E-state index in [1.54, 1.807) is 6.92 Å². The van der Waals surface area contributed by atoms with Crippen LogP contribution in [0.2, 0.25) is 0 Å². The molecule has 1 aromatic carbocycles. The number of aryl methyl sites for hydroxylation is 1. The number of esters is 2. The van der Waals surface area contributed by atoms with Gasteiger partial charge in [0.25, 0.3) is 0 Å². The molecular formula is C46H64N2O5. The second kappa shape index (κ2) is 14.4. The predicted molar refractivity (Wildman–Crippen MR) is 208 cm³/mol. The summed E-state index contributed by atoms with van der Waals surface area (Å²) in [5.41, 5.74) is 3.53. The molecule has 7 aliphatic rings. The SMILES string of the molecule is C=C[C@H]1CN2CC[C@H]1C[C@H]2[C@@H](O)c1cc(CC[C@@H](C)[C@H]2CC[C@H]3[C@@H]4[C@H](OC(C)=O)C[C@@H]5C[C@H](OC(C)=O)CC[C@]5(C)[C@H]4CC[C@]23C)nc2ccccc12. The number of fused-ring (bicyclic) bond motifs is 9. The monoisotopic (exact) mass is 724 g/mol. The molecule has 2 bridgehead atoms. The molecular weight excluding hydrogens is 661 g/mol. The van der Waals surface area contributed by atoms with Crippen molar-refractivity contribution >= 4 is 22.8 Å². The van der Waals surface area contributed by atoms with Gasteiger partial charge in [0, 0.05) is 43.4 Å². The highest BCUT2D eigenvalue weighted by Crippen LogP contribution is 2.69. The van der Waals surface area contributed by atoms with Crippen LogP contribution in [0.25, 0.3) is 10.9 Å². The van der Waals surface area contributed by atoms with Gasteiger partial charge >= 0.3 is 11.9 Å². The molecule has 288 valence electrons. The fourth-order valence-corrected chi connectivity index (χ4v) is 13.9. The van der Waals surface area contributed by atoms with Gasteiger partial charge in [-0.2, -0.15) is 0 Å². The van der Waals surface area contributed by atoms with Crippen LogP contribution >= 0.6 is 0 Å². The number of carbonyl (C=O) groups excluding carboxylic acids is 2. The number of hydrogen-bond donors (Lipinski definition) is 1. The zero-order valence-electron chi connectivity index (χ0n) is 33.0. The molecule has 4 saturated carbocycles. The van der Waals surface area contributed by atoms with Crippen LogP contribution in [-0.4, -0.2) is 58.3 Å². The molecule has 2 aromatic rings. The average Bonchev–Trinajstić information content (AvgIpc) is 3.50. The Morgan fingerprint density at radius 2 is 1.75 bits per heavy atom. The van der Waals surface area contributed by atoms with Crippen molar-refractivity contribution in [2.45, 2.75) is 136 Å². The number of aliphatic hydroxyl groups is 1. The van der Waals surface area contributed by atoms with Gasteiger partial charge < -0.3 is 14.6 Å². The lowest BCUT2D eigenvalue weighted by molar-refractivity contribution is -0.197. The van der Waals surface area contributed by atoms with Gasteiger partial charge in [0.15, 0.2) is 0 Å². The number of rotatable bonds is 9. The molecule has 4 heterocycles. The maximum absolute atomic E-state index is 12.6. The van der Waals surface area contributed by atoms with Gasteiger partial charge in [0.05, 0.1) is 11.6 Å². The smallest absolute Gasteiger partial charge is 0.302 e. The van der Waals surface area contributed by atoms with Crippen LogP contribution in [-0.2, 0) is 25.5 Å². The second-order valence-corrected chi connectivity index (χ2v) is 19.0. The molecule has 3 aliphatic heterocycles. The van der Waals surface area contributed by atoms with Crippen LogP contribution in [0.4, 0.5) is 0 Å². The van der Waals surface area contributed by atoms with E-state index in [1.165, 1.54) is 39.0 Å². The van der Waals surface area contributed by atoms with E-state index in [0.29, 0.717) is 47.3 Å². The van der Waals surface area contributed by atoms with Crippen LogP contribution in [0.1, 0.15) is 123 Å². The Balaban J connectivity index is 0.992. The number of hydrogen-bond acceptors (Lipinski definition) is 7. The van der Waals surface area contributed by atoms with Gasteiger partial charge in [-0.25, -0.2) is 0 Å². The molecule has 0 spiro atoms. The third-order valence-electron chi connectivity index (χ3n) is 16.5. The molecule has 0 amide bonds. The Bertz CT molecular complexity index is 1710. The molecule has 53 heavy (non-hydrogen) atoms. The van der Waals surface area contributed by atoms with Crippen LogP contribution in [0.15, 0.2) is 43.0 Å². The summed E-state index contributed by atoms with van der Waals surface area (Å²) in [5.74, 6) is 3.81. The van der Waals surface area contributed by atoms with Gasteiger partial charge in [-0.05, 0) is 154 Å². The minimum absolute atomic E-state index is 0.0210. The Labute approximate surface area is 317 Å². The first kappa shape index (κ1) is 37.2. The molecule has 15 atom stereocenters. The summed E-state index contributed by atoms with van der Waals surface area (Å²) in [4.78, 5) is 32.1. The van der Waals surface area contributed by atoms with E-state index < -0.39 is 6.10 Å². The lowest BCUT2D eigenvalue weighted by Gasteiger charge is -2.62. The molecule has 7 heteroatoms. The molecule has 3 saturated heterocycles. The highest BCUT2D eigenvalue weighted by molar-refractivity contribution is 5.82. The molecule has 7 fully saturated rings. The number of ether oxygens (including phenoxy) is 2. The summed E-state index contributed by atoms with van der Waals surface area (Å²) in [7, 11) is 0. The van der Waals surface area contributed by atoms with Gasteiger partial charge in [-0.15, -0.1) is 6.58 Å². The molecule has 7 nitrogen and oxygen atoms in total. The number of aliphatic hydroxyl groups excluding tert-OH is 1. The summed E-state index contributed by atoms with van der Waals surface area (Å²) in [6, 6.07) is 10.8. The van der Waals surface area contributed by atoms with Crippen molar-refractivity contribution in [1.29, 1.82) is 0 Å². The second-order valence-electron chi connectivity index (χ2n) is 19.0. The molecule has 1 N–H and O–H groups in total. The Hall–Kier alpha value is -2.77. The number of benzene rings is 1. The Kier molecular flexibility index (Phi) is 10.1. The highest BCUT2D eigenvalue weighted by Gasteiger charge is 2.64. The van der Waals surface area contributed by atoms with E-state index in [4.69, 9.17) is 14.5 Å². The first-order valence-electron chi connectivity index (χ1n) is 21.2. The van der Waals surface area contributed by atoms with Crippen molar-refractivity contribution in [3.05, 3.63) is 54.2 Å². The highest BCUT2D eigenvalue weighted by atomic mass is 16.5. The van der Waals surface area contributed by atoms with E-state index in [9.17, 15) is 14.7 Å². The number of aromatic nitrogens is 1. The van der Waals surface area contributed by atoms with E-state index in [2.05, 4.69) is 68.7 Å². The van der Waals surface area contributed by atoms with E-state index in [0.717, 1.165) is 80.2 Å². The normalized spacial score (nSPS) is 41.4. The lowest BCUT2D eigenvalue weighted by Crippen LogP contribution is -2.59. The Morgan fingerprint density at radius 1 is 1.00 bits per heavy atom. The summed E-state index contributed by atoms with van der Waals surface area (Å²) in [6.45, 7) is 16.8. The molecule has 1 unspecified atom stereocenters. The Morgan fingerprint density at radius 3 is 2.49 bits per heavy atom. The number of para-hydroxylation sites is 1. The van der Waals surface area contributed by atoms with Gasteiger partial charge in [-0.1, -0.05) is 45.0 Å². The van der Waals surface area contributed by atoms with Crippen molar-refractivity contribution in [1.82, 2.24) is 9.88 Å². The topological polar surface area (TPSA) is 89.0 Å². The van der Waals surface area contributed by atoms with E-state index >= 15 is 0 Å². The third-order valence-corrected chi connectivity index (χ3v) is 16.5. The predicted octanol–water partition coefficient (Wildman–Crippen LogP) is 8.87. The maximum Gasteiger partial charge on any atom is 0.302 e. The third kappa shape index (κ3) is 6.58. The van der Waals surface area contributed by atoms with Crippen molar-refractivity contribution in [3.63, 3.8) is 0 Å². The molecule has 4 aliphatic carbocycles. The summed E-state index contributed by atoms with van der Waals surface area (Å²) in [5, 5.41) is 13.1. The van der Waals surface area contributed by atoms with Crippen molar-refractivity contribution < 1.29 is 24.2 Å². The van der Waals surface area contributed by atoms with E-state index in [1.807, 2.05) is 0 Å². The first-order valence-corrected chi connectivity index (χ1v) is 21.2. The van der Waals surface area contributed by atoms with Gasteiger partial charge in [-0.3, -0.25) is 19.5 Å². The molecule has 1 aromatic heterocycles. The van der Waals surface area contributed by atoms with Gasteiger partial charge in [0.1, 0.15) is 12.2 Å². The van der Waals surface area contributed by atoms with Crippen LogP contribution in [0.3, 0.4) is 0 Å². The number of nitrogens with zero attached hydrogens (tertiary/aromatic N) is 2. The van der Waals surface area contributed by atoms with Gasteiger partial charge in [0.2, 0.25) is 0 Å². The average molecular weight is 725 g/mol. The summed E-state index contributed by atoms with van der Waals surface area (Å²) >= 11 is 0. The van der Waals surface area contributed by atoms with Crippen LogP contribution in [0, 0.1) is 58.2 Å². The quantitative estimate of drug-likeness (QED) is 0.204. The minimum Gasteiger partial charge on any atom is -0.463 e. The summed E-state index contributed by atoms with van der Waals surface area (Å²) < 4.78 is 12.0. The van der Waals surface area contributed by atoms with Crippen molar-refractivity contribution in [2.24, 2.45) is 58.2 Å². The van der Waals surface area contributed by atoms with Crippen LogP contribution < -0.4 is 0 Å². The minimum atomic E-state index is -0.531.